The molecule has 4 heteroatoms. The van der Waals surface area contributed by atoms with Gasteiger partial charge in [-0.15, -0.1) is 0 Å². The molecule has 0 spiro atoms. The van der Waals surface area contributed by atoms with Gasteiger partial charge < -0.3 is 8.98 Å². The van der Waals surface area contributed by atoms with Crippen molar-refractivity contribution in [2.45, 2.75) is 6.42 Å². The third-order valence-electron chi connectivity index (χ3n) is 10.2. The molecule has 250 valence electrons. The van der Waals surface area contributed by atoms with Gasteiger partial charge in [0.25, 0.3) is 0 Å². The highest BCUT2D eigenvalue weighted by Gasteiger charge is 2.20. The summed E-state index contributed by atoms with van der Waals surface area (Å²) in [5.41, 5.74) is 12.8. The predicted octanol–water partition coefficient (Wildman–Crippen LogP) is 12.9. The van der Waals surface area contributed by atoms with Crippen molar-refractivity contribution in [2.24, 2.45) is 0 Å². The minimum Gasteiger partial charge on any atom is -0.454 e. The Hall–Kier alpha value is -7.04. The molecule has 0 radical (unpaired) electrons. The van der Waals surface area contributed by atoms with Crippen LogP contribution in [-0.4, -0.2) is 14.5 Å². The molecule has 6 aromatic carbocycles. The Morgan fingerprint density at radius 1 is 0.585 bits per heavy atom. The van der Waals surface area contributed by atoms with Crippen molar-refractivity contribution >= 4 is 66.8 Å². The van der Waals surface area contributed by atoms with Crippen molar-refractivity contribution in [1.82, 2.24) is 14.5 Å². The summed E-state index contributed by atoms with van der Waals surface area (Å²) in [5.74, 6) is 0. The van der Waals surface area contributed by atoms with Crippen molar-refractivity contribution in [3.05, 3.63) is 187 Å². The first-order valence-electron chi connectivity index (χ1n) is 17.9. The lowest BCUT2D eigenvalue weighted by Gasteiger charge is -2.10. The Labute approximate surface area is 306 Å². The minimum absolute atomic E-state index is 0.816. The van der Waals surface area contributed by atoms with Crippen molar-refractivity contribution in [1.29, 1.82) is 0 Å². The third-order valence-corrected chi connectivity index (χ3v) is 10.2. The SMILES string of the molecule is C=Cc1c(/C=C\Cc2ccccc2)n(-c2cccc3c2oc2cc(-c4ccc5ccc6ccc(-c7ccccc7)nc6c5n4)ccc23)c2ccccc12. The van der Waals surface area contributed by atoms with Crippen LogP contribution in [0.5, 0.6) is 0 Å². The number of aromatic nitrogens is 3. The Kier molecular flexibility index (Phi) is 7.33. The molecule has 0 amide bonds. The molecule has 4 heterocycles. The molecule has 0 fully saturated rings. The van der Waals surface area contributed by atoms with E-state index in [0.717, 1.165) is 101 Å². The molecule has 0 bridgehead atoms. The van der Waals surface area contributed by atoms with Gasteiger partial charge in [-0.05, 0) is 54.5 Å². The van der Waals surface area contributed by atoms with Crippen LogP contribution in [0.25, 0.3) is 95.0 Å². The lowest BCUT2D eigenvalue weighted by atomic mass is 10.0. The van der Waals surface area contributed by atoms with Gasteiger partial charge in [0, 0.05) is 43.6 Å². The third kappa shape index (κ3) is 5.23. The second-order valence-corrected chi connectivity index (χ2v) is 13.4. The second kappa shape index (κ2) is 12.6. The molecule has 10 rings (SSSR count). The van der Waals surface area contributed by atoms with Crippen LogP contribution in [0.3, 0.4) is 0 Å². The van der Waals surface area contributed by atoms with E-state index in [4.69, 9.17) is 14.4 Å². The van der Waals surface area contributed by atoms with Crippen molar-refractivity contribution in [3.8, 4) is 28.2 Å². The number of fused-ring (bicyclic) bond motifs is 7. The van der Waals surface area contributed by atoms with E-state index in [1.807, 2.05) is 24.3 Å². The first-order valence-corrected chi connectivity index (χ1v) is 17.9. The maximum Gasteiger partial charge on any atom is 0.159 e. The van der Waals surface area contributed by atoms with Gasteiger partial charge in [-0.1, -0.05) is 140 Å². The quantitative estimate of drug-likeness (QED) is 0.158. The Morgan fingerprint density at radius 3 is 2.00 bits per heavy atom. The highest BCUT2D eigenvalue weighted by molar-refractivity contribution is 6.10. The zero-order chi connectivity index (χ0) is 35.3. The van der Waals surface area contributed by atoms with Crippen LogP contribution in [0.15, 0.2) is 175 Å². The van der Waals surface area contributed by atoms with Crippen LogP contribution in [0.4, 0.5) is 0 Å². The van der Waals surface area contributed by atoms with Gasteiger partial charge in [0.1, 0.15) is 5.58 Å². The van der Waals surface area contributed by atoms with E-state index in [-0.39, 0.29) is 0 Å². The highest BCUT2D eigenvalue weighted by Crippen LogP contribution is 2.39. The average Bonchev–Trinajstić information content (AvgIpc) is 3.76. The first kappa shape index (κ1) is 30.8. The number of hydrogen-bond donors (Lipinski definition) is 0. The zero-order valence-electron chi connectivity index (χ0n) is 28.9. The number of pyridine rings is 2. The Morgan fingerprint density at radius 2 is 1.25 bits per heavy atom. The molecular formula is C49H33N3O. The molecule has 10 aromatic rings. The van der Waals surface area contributed by atoms with Crippen LogP contribution >= 0.6 is 0 Å². The number of hydrogen-bond acceptors (Lipinski definition) is 3. The van der Waals surface area contributed by atoms with Crippen LogP contribution in [0, 0.1) is 0 Å². The van der Waals surface area contributed by atoms with Crippen molar-refractivity contribution < 1.29 is 4.42 Å². The van der Waals surface area contributed by atoms with E-state index in [9.17, 15) is 0 Å². The summed E-state index contributed by atoms with van der Waals surface area (Å²) in [4.78, 5) is 10.3. The van der Waals surface area contributed by atoms with Gasteiger partial charge in [-0.3, -0.25) is 0 Å². The summed E-state index contributed by atoms with van der Waals surface area (Å²) in [5, 5.41) is 5.40. The lowest BCUT2D eigenvalue weighted by molar-refractivity contribution is 0.666. The zero-order valence-corrected chi connectivity index (χ0v) is 28.9. The molecule has 0 saturated carbocycles. The van der Waals surface area contributed by atoms with Crippen LogP contribution < -0.4 is 0 Å². The number of para-hydroxylation sites is 2. The minimum atomic E-state index is 0.816. The van der Waals surface area contributed by atoms with Crippen molar-refractivity contribution in [2.75, 3.05) is 0 Å². The standard InChI is InChI=1S/C49H33N3O/c1-2-37-38-18-9-10-20-44(38)52(43(37)21-11-15-32-13-5-3-6-14-32)45-22-12-19-40-39-28-25-36(31-46(39)53-49(40)45)42-30-27-35-24-23-34-26-29-41(33-16-7-4-8-17-33)50-47(34)48(35)51-42/h2-14,16-31H,1,15H2/b21-11-. The number of nitrogens with zero attached hydrogens (tertiary/aromatic N) is 3. The van der Waals surface area contributed by atoms with Gasteiger partial charge in [-0.25, -0.2) is 9.97 Å². The molecule has 0 atom stereocenters. The fourth-order valence-electron chi connectivity index (χ4n) is 7.66. The van der Waals surface area contributed by atoms with Crippen LogP contribution in [-0.2, 0) is 6.42 Å². The van der Waals surface area contributed by atoms with E-state index in [2.05, 4.69) is 163 Å². The molecule has 4 nitrogen and oxygen atoms in total. The van der Waals surface area contributed by atoms with E-state index >= 15 is 0 Å². The normalized spacial score (nSPS) is 11.8. The van der Waals surface area contributed by atoms with E-state index in [1.54, 1.807) is 0 Å². The fraction of sp³-hybridized carbons (Fsp3) is 0.0204. The molecule has 0 N–H and O–H groups in total. The number of rotatable bonds is 7. The van der Waals surface area contributed by atoms with E-state index < -0.39 is 0 Å². The predicted molar refractivity (Wildman–Crippen MR) is 221 cm³/mol. The highest BCUT2D eigenvalue weighted by atomic mass is 16.3. The first-order chi connectivity index (χ1) is 26.2. The summed E-state index contributed by atoms with van der Waals surface area (Å²) in [6, 6.07) is 54.8. The Bertz CT molecular complexity index is 3040. The molecule has 0 aliphatic heterocycles. The summed E-state index contributed by atoms with van der Waals surface area (Å²) < 4.78 is 9.14. The maximum absolute atomic E-state index is 6.83. The molecule has 0 saturated heterocycles. The van der Waals surface area contributed by atoms with E-state index in [0.29, 0.717) is 0 Å². The molecule has 0 unspecified atom stereocenters. The summed E-state index contributed by atoms with van der Waals surface area (Å²) in [6.45, 7) is 4.22. The molecule has 0 aliphatic rings. The van der Waals surface area contributed by atoms with Gasteiger partial charge in [-0.2, -0.15) is 0 Å². The molecule has 53 heavy (non-hydrogen) atoms. The monoisotopic (exact) mass is 679 g/mol. The topological polar surface area (TPSA) is 43.9 Å². The van der Waals surface area contributed by atoms with E-state index in [1.165, 1.54) is 5.56 Å². The Balaban J connectivity index is 1.11. The summed E-state index contributed by atoms with van der Waals surface area (Å²) >= 11 is 0. The average molecular weight is 680 g/mol. The van der Waals surface area contributed by atoms with Gasteiger partial charge in [0.05, 0.1) is 39.3 Å². The van der Waals surface area contributed by atoms with Gasteiger partial charge in [0.15, 0.2) is 5.58 Å². The largest absolute Gasteiger partial charge is 0.454 e. The van der Waals surface area contributed by atoms with Gasteiger partial charge >= 0.3 is 0 Å². The lowest BCUT2D eigenvalue weighted by Crippen LogP contribution is -1.97. The fourth-order valence-corrected chi connectivity index (χ4v) is 7.66. The summed E-state index contributed by atoms with van der Waals surface area (Å²) in [7, 11) is 0. The van der Waals surface area contributed by atoms with Crippen LogP contribution in [0.2, 0.25) is 0 Å². The molecule has 0 aliphatic carbocycles. The molecule has 4 aromatic heterocycles. The second-order valence-electron chi connectivity index (χ2n) is 13.4. The van der Waals surface area contributed by atoms with Crippen LogP contribution in [0.1, 0.15) is 16.8 Å². The number of furan rings is 1. The summed E-state index contributed by atoms with van der Waals surface area (Å²) in [6.07, 6.45) is 7.25. The maximum atomic E-state index is 6.83. The number of allylic oxidation sites excluding steroid dienone is 1. The molecular weight excluding hydrogens is 647 g/mol. The smallest absolute Gasteiger partial charge is 0.159 e. The number of benzene rings is 6. The van der Waals surface area contributed by atoms with Crippen molar-refractivity contribution in [3.63, 3.8) is 0 Å². The van der Waals surface area contributed by atoms with Gasteiger partial charge in [0.2, 0.25) is 0 Å².